The molecule has 0 saturated heterocycles. The SMILES string of the molecule is CCCCCCSc1cc2c(cc1C#Cc1ccc(CC(=O)OCC)cn1)C(C)(C)CCO2. The first-order valence-electron chi connectivity index (χ1n) is 12.0. The van der Waals surface area contributed by atoms with Crippen LogP contribution in [-0.2, 0) is 21.4 Å². The van der Waals surface area contributed by atoms with E-state index in [9.17, 15) is 4.79 Å². The number of carbonyl (C=O) groups is 1. The zero-order chi connectivity index (χ0) is 23.7. The van der Waals surface area contributed by atoms with Crippen molar-refractivity contribution in [1.82, 2.24) is 4.98 Å². The van der Waals surface area contributed by atoms with E-state index >= 15 is 0 Å². The second kappa shape index (κ2) is 12.1. The molecule has 2 aromatic rings. The maximum absolute atomic E-state index is 11.7. The van der Waals surface area contributed by atoms with Crippen LogP contribution in [-0.4, -0.2) is 29.9 Å². The smallest absolute Gasteiger partial charge is 0.310 e. The van der Waals surface area contributed by atoms with E-state index in [0.29, 0.717) is 12.3 Å². The van der Waals surface area contributed by atoms with E-state index in [1.165, 1.54) is 36.1 Å². The third-order valence-corrected chi connectivity index (χ3v) is 7.00. The number of fused-ring (bicyclic) bond motifs is 1. The minimum Gasteiger partial charge on any atom is -0.493 e. The second-order valence-electron chi connectivity index (χ2n) is 9.02. The molecule has 4 nitrogen and oxygen atoms in total. The van der Waals surface area contributed by atoms with Gasteiger partial charge in [0.1, 0.15) is 11.4 Å². The summed E-state index contributed by atoms with van der Waals surface area (Å²) in [5.41, 5.74) is 3.85. The van der Waals surface area contributed by atoms with Crippen molar-refractivity contribution >= 4 is 17.7 Å². The number of esters is 1. The van der Waals surface area contributed by atoms with Crippen LogP contribution in [0.1, 0.15) is 82.2 Å². The molecular formula is C28H35NO3S. The molecule has 0 radical (unpaired) electrons. The molecule has 1 aliphatic heterocycles. The summed E-state index contributed by atoms with van der Waals surface area (Å²) in [6, 6.07) is 8.15. The molecule has 0 bridgehead atoms. The van der Waals surface area contributed by atoms with Crippen molar-refractivity contribution in [1.29, 1.82) is 0 Å². The summed E-state index contributed by atoms with van der Waals surface area (Å²) in [5, 5.41) is 0. The predicted octanol–water partition coefficient (Wildman–Crippen LogP) is 6.32. The Balaban J connectivity index is 1.82. The van der Waals surface area contributed by atoms with Crippen molar-refractivity contribution in [3.05, 3.63) is 52.8 Å². The molecule has 0 unspecified atom stereocenters. The van der Waals surface area contributed by atoms with Crippen LogP contribution in [0.25, 0.3) is 0 Å². The first-order valence-corrected chi connectivity index (χ1v) is 13.0. The van der Waals surface area contributed by atoms with E-state index in [0.717, 1.165) is 35.7 Å². The molecule has 0 N–H and O–H groups in total. The Hall–Kier alpha value is -2.45. The molecule has 1 aromatic carbocycles. The number of carbonyl (C=O) groups excluding carboxylic acids is 1. The summed E-state index contributed by atoms with van der Waals surface area (Å²) in [6.07, 6.45) is 7.93. The van der Waals surface area contributed by atoms with Crippen LogP contribution in [0.5, 0.6) is 5.75 Å². The zero-order valence-corrected chi connectivity index (χ0v) is 21.1. The number of nitrogens with zero attached hydrogens (tertiary/aromatic N) is 1. The fraction of sp³-hybridized carbons (Fsp3) is 0.500. The van der Waals surface area contributed by atoms with Crippen molar-refractivity contribution in [3.63, 3.8) is 0 Å². The Bertz CT molecular complexity index is 1000. The number of ether oxygens (including phenoxy) is 2. The van der Waals surface area contributed by atoms with Gasteiger partial charge in [0.15, 0.2) is 0 Å². The summed E-state index contributed by atoms with van der Waals surface area (Å²) in [7, 11) is 0. The number of thioether (sulfide) groups is 1. The van der Waals surface area contributed by atoms with Crippen LogP contribution in [0.15, 0.2) is 35.4 Å². The maximum Gasteiger partial charge on any atom is 0.310 e. The lowest BCUT2D eigenvalue weighted by molar-refractivity contribution is -0.142. The normalized spacial score (nSPS) is 13.9. The molecule has 1 aliphatic rings. The highest BCUT2D eigenvalue weighted by molar-refractivity contribution is 7.99. The molecule has 176 valence electrons. The highest BCUT2D eigenvalue weighted by Crippen LogP contribution is 2.41. The van der Waals surface area contributed by atoms with Gasteiger partial charge in [0.2, 0.25) is 0 Å². The molecule has 5 heteroatoms. The number of hydrogen-bond donors (Lipinski definition) is 0. The summed E-state index contributed by atoms with van der Waals surface area (Å²) in [6.45, 7) is 9.73. The Morgan fingerprint density at radius 3 is 2.76 bits per heavy atom. The lowest BCUT2D eigenvalue weighted by Gasteiger charge is -2.33. The van der Waals surface area contributed by atoms with Gasteiger partial charge < -0.3 is 9.47 Å². The Morgan fingerprint density at radius 2 is 2.03 bits per heavy atom. The molecule has 0 fully saturated rings. The van der Waals surface area contributed by atoms with Gasteiger partial charge in [0, 0.05) is 22.2 Å². The van der Waals surface area contributed by atoms with Crippen LogP contribution < -0.4 is 4.74 Å². The van der Waals surface area contributed by atoms with Gasteiger partial charge in [0.05, 0.1) is 19.6 Å². The van der Waals surface area contributed by atoms with Gasteiger partial charge in [-0.3, -0.25) is 4.79 Å². The van der Waals surface area contributed by atoms with E-state index in [2.05, 4.69) is 49.7 Å². The second-order valence-corrected chi connectivity index (χ2v) is 10.2. The van der Waals surface area contributed by atoms with E-state index in [1.807, 2.05) is 23.9 Å². The third kappa shape index (κ3) is 7.27. The predicted molar refractivity (Wildman–Crippen MR) is 135 cm³/mol. The van der Waals surface area contributed by atoms with Gasteiger partial charge in [-0.05, 0) is 60.6 Å². The van der Waals surface area contributed by atoms with E-state index < -0.39 is 0 Å². The van der Waals surface area contributed by atoms with Crippen molar-refractivity contribution in [3.8, 4) is 17.6 Å². The maximum atomic E-state index is 11.7. The highest BCUT2D eigenvalue weighted by Gasteiger charge is 2.29. The largest absolute Gasteiger partial charge is 0.493 e. The van der Waals surface area contributed by atoms with Crippen LogP contribution in [0, 0.1) is 11.8 Å². The number of aromatic nitrogens is 1. The number of pyridine rings is 1. The van der Waals surface area contributed by atoms with Gasteiger partial charge in [-0.1, -0.05) is 52.0 Å². The van der Waals surface area contributed by atoms with Gasteiger partial charge >= 0.3 is 5.97 Å². The number of unbranched alkanes of at least 4 members (excludes halogenated alkanes) is 3. The average molecular weight is 466 g/mol. The van der Waals surface area contributed by atoms with Crippen molar-refractivity contribution < 1.29 is 14.3 Å². The van der Waals surface area contributed by atoms with Crippen LogP contribution >= 0.6 is 11.8 Å². The van der Waals surface area contributed by atoms with Gasteiger partial charge in [-0.15, -0.1) is 11.8 Å². The number of benzene rings is 1. The molecule has 1 aromatic heterocycles. The monoisotopic (exact) mass is 465 g/mol. The molecule has 0 saturated carbocycles. The van der Waals surface area contributed by atoms with Gasteiger partial charge in [-0.25, -0.2) is 4.98 Å². The summed E-state index contributed by atoms with van der Waals surface area (Å²) in [4.78, 5) is 17.3. The average Bonchev–Trinajstić information content (AvgIpc) is 2.78. The standard InChI is InChI=1S/C28H35NO3S/c1-5-7-8-9-16-33-26-19-25-24(28(3,4)14-15-32-25)18-22(26)11-13-23-12-10-21(20-29-23)17-27(30)31-6-2/h10,12,18-20H,5-9,14-17H2,1-4H3. The van der Waals surface area contributed by atoms with E-state index in [-0.39, 0.29) is 17.8 Å². The first kappa shape index (κ1) is 25.2. The van der Waals surface area contributed by atoms with Crippen LogP contribution in [0.3, 0.4) is 0 Å². The molecule has 0 aliphatic carbocycles. The molecule has 0 spiro atoms. The summed E-state index contributed by atoms with van der Waals surface area (Å²) < 4.78 is 11.0. The molecule has 0 amide bonds. The fourth-order valence-electron chi connectivity index (χ4n) is 3.80. The van der Waals surface area contributed by atoms with Gasteiger partial charge in [0.25, 0.3) is 0 Å². The van der Waals surface area contributed by atoms with Gasteiger partial charge in [-0.2, -0.15) is 0 Å². The molecule has 3 rings (SSSR count). The number of rotatable bonds is 9. The molecule has 0 atom stereocenters. The van der Waals surface area contributed by atoms with Crippen LogP contribution in [0.4, 0.5) is 0 Å². The summed E-state index contributed by atoms with van der Waals surface area (Å²) >= 11 is 1.87. The van der Waals surface area contributed by atoms with Crippen molar-refractivity contribution in [2.45, 2.75) is 76.5 Å². The molecule has 33 heavy (non-hydrogen) atoms. The lowest BCUT2D eigenvalue weighted by atomic mass is 9.79. The zero-order valence-electron chi connectivity index (χ0n) is 20.3. The fourth-order valence-corrected chi connectivity index (χ4v) is 4.83. The Kier molecular flexibility index (Phi) is 9.26. The van der Waals surface area contributed by atoms with Crippen LogP contribution in [0.2, 0.25) is 0 Å². The Labute approximate surface area is 202 Å². The van der Waals surface area contributed by atoms with Crippen molar-refractivity contribution in [2.24, 2.45) is 0 Å². The number of hydrogen-bond acceptors (Lipinski definition) is 5. The Morgan fingerprint density at radius 1 is 1.18 bits per heavy atom. The molecular weight excluding hydrogens is 430 g/mol. The third-order valence-electron chi connectivity index (χ3n) is 5.85. The van der Waals surface area contributed by atoms with E-state index in [1.54, 1.807) is 13.1 Å². The molecule has 2 heterocycles. The van der Waals surface area contributed by atoms with E-state index in [4.69, 9.17) is 9.47 Å². The first-order chi connectivity index (χ1) is 15.9. The minimum absolute atomic E-state index is 0.0708. The lowest BCUT2D eigenvalue weighted by Crippen LogP contribution is -2.26. The van der Waals surface area contributed by atoms with Crippen molar-refractivity contribution in [2.75, 3.05) is 19.0 Å². The quantitative estimate of drug-likeness (QED) is 0.188. The topological polar surface area (TPSA) is 48.4 Å². The minimum atomic E-state index is -0.238. The highest BCUT2D eigenvalue weighted by atomic mass is 32.2. The summed E-state index contributed by atoms with van der Waals surface area (Å²) in [5.74, 6) is 8.43.